The van der Waals surface area contributed by atoms with Gasteiger partial charge >= 0.3 is 0 Å². The van der Waals surface area contributed by atoms with Crippen molar-refractivity contribution in [2.75, 3.05) is 0 Å². The van der Waals surface area contributed by atoms with Gasteiger partial charge in [0.2, 0.25) is 5.28 Å². The third-order valence-electron chi connectivity index (χ3n) is 0.759. The van der Waals surface area contributed by atoms with Gasteiger partial charge in [-0.1, -0.05) is 5.16 Å². The van der Waals surface area contributed by atoms with E-state index in [4.69, 9.17) is 11.6 Å². The molecule has 0 atom stereocenters. The first kappa shape index (κ1) is 6.95. The second-order valence-electron chi connectivity index (χ2n) is 1.38. The van der Waals surface area contributed by atoms with Gasteiger partial charge in [-0.25, -0.2) is 4.98 Å². The van der Waals surface area contributed by atoms with Crippen LogP contribution in [-0.4, -0.2) is 16.7 Å². The highest BCUT2D eigenvalue weighted by molar-refractivity contribution is 6.28. The number of oxime groups is 1. The van der Waals surface area contributed by atoms with Crippen molar-refractivity contribution in [2.24, 2.45) is 5.16 Å². The molecule has 0 amide bonds. The van der Waals surface area contributed by atoms with E-state index in [1.165, 1.54) is 12.3 Å². The molecule has 0 bridgehead atoms. The number of aromatic nitrogens is 2. The number of rotatable bonds is 2. The van der Waals surface area contributed by atoms with Crippen molar-refractivity contribution in [1.29, 1.82) is 0 Å². The van der Waals surface area contributed by atoms with E-state index < -0.39 is 0 Å². The lowest BCUT2D eigenvalue weighted by atomic mass is 10.6. The fraction of sp³-hybridized carbons (Fsp3) is 0. The largest absolute Gasteiger partial charge is 0.337 e. The lowest BCUT2D eigenvalue weighted by molar-refractivity contribution is 0.331. The van der Waals surface area contributed by atoms with Crippen molar-refractivity contribution in [2.45, 2.75) is 0 Å². The minimum atomic E-state index is 0.126. The summed E-state index contributed by atoms with van der Waals surface area (Å²) in [6, 6.07) is 1.53. The third kappa shape index (κ3) is 1.66. The van der Waals surface area contributed by atoms with Gasteiger partial charge in [-0.2, -0.15) is 4.98 Å². The molecule has 52 valence electrons. The van der Waals surface area contributed by atoms with E-state index in [1.807, 2.05) is 0 Å². The Kier molecular flexibility index (Phi) is 2.17. The van der Waals surface area contributed by atoms with Gasteiger partial charge < -0.3 is 4.84 Å². The summed E-state index contributed by atoms with van der Waals surface area (Å²) in [5.41, 5.74) is 0. The Morgan fingerprint density at radius 2 is 2.50 bits per heavy atom. The molecule has 0 aliphatic heterocycles. The van der Waals surface area contributed by atoms with Gasteiger partial charge in [-0.3, -0.25) is 0 Å². The number of hydrogen-bond acceptors (Lipinski definition) is 4. The van der Waals surface area contributed by atoms with Crippen LogP contribution in [0.15, 0.2) is 17.4 Å². The second kappa shape index (κ2) is 3.12. The molecule has 0 saturated carbocycles. The summed E-state index contributed by atoms with van der Waals surface area (Å²) in [7, 11) is 0. The van der Waals surface area contributed by atoms with Crippen LogP contribution in [0.25, 0.3) is 0 Å². The van der Waals surface area contributed by atoms with E-state index >= 15 is 0 Å². The lowest BCUT2D eigenvalue weighted by Gasteiger charge is -1.93. The van der Waals surface area contributed by atoms with Crippen LogP contribution in [0, 0.1) is 0 Å². The van der Waals surface area contributed by atoms with Crippen LogP contribution in [0.3, 0.4) is 0 Å². The highest BCUT2D eigenvalue weighted by atomic mass is 35.5. The van der Waals surface area contributed by atoms with Crippen LogP contribution >= 0.6 is 11.6 Å². The fourth-order valence-corrected chi connectivity index (χ4v) is 0.576. The summed E-state index contributed by atoms with van der Waals surface area (Å²) in [5, 5.41) is 3.27. The molecule has 4 nitrogen and oxygen atoms in total. The molecule has 0 aliphatic carbocycles. The zero-order valence-electron chi connectivity index (χ0n) is 4.99. The molecular weight excluding hydrogens is 154 g/mol. The van der Waals surface area contributed by atoms with Crippen LogP contribution < -0.4 is 4.84 Å². The van der Waals surface area contributed by atoms with E-state index in [1.54, 1.807) is 0 Å². The number of hydrogen-bond donors (Lipinski definition) is 0. The van der Waals surface area contributed by atoms with Crippen molar-refractivity contribution >= 4 is 18.3 Å². The van der Waals surface area contributed by atoms with E-state index in [2.05, 4.69) is 26.7 Å². The predicted molar refractivity (Wildman–Crippen MR) is 37.2 cm³/mol. The van der Waals surface area contributed by atoms with Crippen molar-refractivity contribution in [3.8, 4) is 5.88 Å². The molecule has 1 aromatic heterocycles. The fourth-order valence-electron chi connectivity index (χ4n) is 0.437. The molecule has 0 spiro atoms. The SMILES string of the molecule is C=NOc1ccnc(Cl)n1. The Balaban J connectivity index is 2.84. The molecule has 1 heterocycles. The van der Waals surface area contributed by atoms with E-state index in [0.717, 1.165) is 0 Å². The van der Waals surface area contributed by atoms with E-state index in [0.29, 0.717) is 0 Å². The van der Waals surface area contributed by atoms with Crippen LogP contribution in [-0.2, 0) is 0 Å². The number of nitrogens with zero attached hydrogens (tertiary/aromatic N) is 3. The monoisotopic (exact) mass is 157 g/mol. The average molecular weight is 158 g/mol. The van der Waals surface area contributed by atoms with Crippen molar-refractivity contribution in [1.82, 2.24) is 9.97 Å². The van der Waals surface area contributed by atoms with Gasteiger partial charge in [0.1, 0.15) is 0 Å². The molecular formula is C5H4ClN3O. The molecule has 0 saturated heterocycles. The van der Waals surface area contributed by atoms with E-state index in [-0.39, 0.29) is 11.2 Å². The van der Waals surface area contributed by atoms with Crippen molar-refractivity contribution in [3.63, 3.8) is 0 Å². The third-order valence-corrected chi connectivity index (χ3v) is 0.941. The van der Waals surface area contributed by atoms with Gasteiger partial charge in [0.05, 0.1) is 0 Å². The second-order valence-corrected chi connectivity index (χ2v) is 1.72. The van der Waals surface area contributed by atoms with Crippen LogP contribution in [0.2, 0.25) is 5.28 Å². The maximum atomic E-state index is 5.42. The smallest absolute Gasteiger partial charge is 0.252 e. The molecule has 1 aromatic rings. The molecule has 0 N–H and O–H groups in total. The van der Waals surface area contributed by atoms with Gasteiger partial charge in [-0.05, 0) is 11.6 Å². The highest BCUT2D eigenvalue weighted by Crippen LogP contribution is 2.07. The van der Waals surface area contributed by atoms with Crippen LogP contribution in [0.1, 0.15) is 0 Å². The molecule has 0 fully saturated rings. The molecule has 10 heavy (non-hydrogen) atoms. The summed E-state index contributed by atoms with van der Waals surface area (Å²) in [4.78, 5) is 11.9. The van der Waals surface area contributed by atoms with Gasteiger partial charge in [-0.15, -0.1) is 0 Å². The Hall–Kier alpha value is -1.16. The topological polar surface area (TPSA) is 47.4 Å². The van der Waals surface area contributed by atoms with Gasteiger partial charge in [0.25, 0.3) is 5.88 Å². The first-order valence-corrected chi connectivity index (χ1v) is 2.82. The maximum Gasteiger partial charge on any atom is 0.252 e. The van der Waals surface area contributed by atoms with Gasteiger partial charge in [0.15, 0.2) is 0 Å². The molecule has 0 radical (unpaired) electrons. The normalized spacial score (nSPS) is 8.90. The maximum absolute atomic E-state index is 5.42. The quantitative estimate of drug-likeness (QED) is 0.367. The number of halogens is 1. The van der Waals surface area contributed by atoms with Crippen molar-refractivity contribution < 1.29 is 4.84 Å². The minimum absolute atomic E-state index is 0.126. The molecule has 5 heteroatoms. The summed E-state index contributed by atoms with van der Waals surface area (Å²) in [6.45, 7) is 3.11. The summed E-state index contributed by atoms with van der Waals surface area (Å²) >= 11 is 5.42. The minimum Gasteiger partial charge on any atom is -0.337 e. The molecule has 1 rings (SSSR count). The summed E-state index contributed by atoms with van der Waals surface area (Å²) in [6.07, 6.45) is 1.47. The Labute approximate surface area is 62.5 Å². The zero-order chi connectivity index (χ0) is 7.40. The zero-order valence-corrected chi connectivity index (χ0v) is 5.75. The first-order chi connectivity index (χ1) is 4.83. The molecule has 0 aromatic carbocycles. The Morgan fingerprint density at radius 3 is 3.10 bits per heavy atom. The predicted octanol–water partition coefficient (Wildman–Crippen LogP) is 1.12. The highest BCUT2D eigenvalue weighted by Gasteiger charge is 1.94. The molecule has 0 unspecified atom stereocenters. The molecule has 0 aliphatic rings. The summed E-state index contributed by atoms with van der Waals surface area (Å²) in [5.74, 6) is 0.287. The Morgan fingerprint density at radius 1 is 1.70 bits per heavy atom. The Bertz CT molecular complexity index is 240. The lowest BCUT2D eigenvalue weighted by Crippen LogP contribution is -1.87. The first-order valence-electron chi connectivity index (χ1n) is 2.44. The average Bonchev–Trinajstić information content (AvgIpc) is 1.88. The summed E-state index contributed by atoms with van der Waals surface area (Å²) < 4.78 is 0. The van der Waals surface area contributed by atoms with E-state index in [9.17, 15) is 0 Å². The van der Waals surface area contributed by atoms with Gasteiger partial charge in [0, 0.05) is 19.0 Å². The van der Waals surface area contributed by atoms with Crippen LogP contribution in [0.5, 0.6) is 5.88 Å². The van der Waals surface area contributed by atoms with Crippen LogP contribution in [0.4, 0.5) is 0 Å². The van der Waals surface area contributed by atoms with Crippen molar-refractivity contribution in [3.05, 3.63) is 17.5 Å². The standard InChI is InChI=1S/C5H4ClN3O/c1-7-10-4-2-3-8-5(6)9-4/h2-3H,1H2.